The number of halogens is 1. The van der Waals surface area contributed by atoms with E-state index in [1.165, 1.54) is 6.07 Å². The summed E-state index contributed by atoms with van der Waals surface area (Å²) >= 11 is 0. The van der Waals surface area contributed by atoms with Gasteiger partial charge in [0.05, 0.1) is 0 Å². The van der Waals surface area contributed by atoms with Gasteiger partial charge in [-0.15, -0.1) is 0 Å². The fourth-order valence-electron chi connectivity index (χ4n) is 1.30. The second-order valence-electron chi connectivity index (χ2n) is 2.99. The van der Waals surface area contributed by atoms with Crippen molar-refractivity contribution in [1.82, 2.24) is 0 Å². The van der Waals surface area contributed by atoms with E-state index < -0.39 is 9.05 Å². The zero-order chi connectivity index (χ0) is 10.3. The number of rotatable bonds is 1. The third-order valence-electron chi connectivity index (χ3n) is 2.00. The lowest BCUT2D eigenvalue weighted by molar-refractivity contribution is 0.488. The van der Waals surface area contributed by atoms with Crippen molar-refractivity contribution in [3.8, 4) is 0 Å². The molecule has 0 bridgehead atoms. The Hall–Kier alpha value is -1.00. The summed E-state index contributed by atoms with van der Waals surface area (Å²) in [5.41, 5.74) is 1.49. The Balaban J connectivity index is 2.81. The highest BCUT2D eigenvalue weighted by atomic mass is 35.7. The van der Waals surface area contributed by atoms with Gasteiger partial charge in [0.2, 0.25) is 5.09 Å². The summed E-state index contributed by atoms with van der Waals surface area (Å²) in [7, 11) is 1.38. The standard InChI is InChI=1S/C9H7ClO3S/c1-6-3-2-4-8-7(6)5-9(13-8)14(10,11)12/h2-5H,1H3. The van der Waals surface area contributed by atoms with Crippen molar-refractivity contribution in [1.29, 1.82) is 0 Å². The second kappa shape index (κ2) is 3.00. The molecule has 14 heavy (non-hydrogen) atoms. The Kier molecular flexibility index (Phi) is 2.05. The van der Waals surface area contributed by atoms with Crippen molar-refractivity contribution in [2.45, 2.75) is 12.0 Å². The van der Waals surface area contributed by atoms with Crippen LogP contribution < -0.4 is 0 Å². The van der Waals surface area contributed by atoms with Gasteiger partial charge in [0, 0.05) is 22.1 Å². The van der Waals surface area contributed by atoms with E-state index in [0.29, 0.717) is 5.58 Å². The van der Waals surface area contributed by atoms with Gasteiger partial charge in [0.25, 0.3) is 9.05 Å². The van der Waals surface area contributed by atoms with Crippen LogP contribution in [0.25, 0.3) is 11.0 Å². The number of hydrogen-bond donors (Lipinski definition) is 0. The summed E-state index contributed by atoms with van der Waals surface area (Å²) in [6.45, 7) is 1.88. The average molecular weight is 231 g/mol. The minimum atomic E-state index is -3.78. The minimum absolute atomic E-state index is 0.205. The molecule has 1 heterocycles. The highest BCUT2D eigenvalue weighted by molar-refractivity contribution is 8.13. The summed E-state index contributed by atoms with van der Waals surface area (Å²) in [6, 6.07) is 6.81. The predicted molar refractivity (Wildman–Crippen MR) is 54.0 cm³/mol. The third kappa shape index (κ3) is 1.51. The highest BCUT2D eigenvalue weighted by Gasteiger charge is 2.16. The van der Waals surface area contributed by atoms with Gasteiger partial charge in [-0.1, -0.05) is 12.1 Å². The van der Waals surface area contributed by atoms with Crippen molar-refractivity contribution in [3.63, 3.8) is 0 Å². The lowest BCUT2D eigenvalue weighted by Crippen LogP contribution is -1.85. The zero-order valence-electron chi connectivity index (χ0n) is 7.32. The van der Waals surface area contributed by atoms with Gasteiger partial charge in [-0.25, -0.2) is 8.42 Å². The number of benzene rings is 1. The second-order valence-corrected chi connectivity index (χ2v) is 5.49. The van der Waals surface area contributed by atoms with E-state index in [0.717, 1.165) is 10.9 Å². The summed E-state index contributed by atoms with van der Waals surface area (Å²) in [5.74, 6) is 0. The number of fused-ring (bicyclic) bond motifs is 1. The van der Waals surface area contributed by atoms with Gasteiger partial charge in [-0.05, 0) is 18.6 Å². The summed E-state index contributed by atoms with van der Waals surface area (Å²) in [5, 5.41) is 0.565. The van der Waals surface area contributed by atoms with Crippen LogP contribution in [0.4, 0.5) is 0 Å². The van der Waals surface area contributed by atoms with Crippen molar-refractivity contribution in [2.24, 2.45) is 0 Å². The van der Waals surface area contributed by atoms with E-state index >= 15 is 0 Å². The molecule has 2 rings (SSSR count). The molecule has 0 aliphatic rings. The molecule has 1 aromatic heterocycles. The van der Waals surface area contributed by atoms with E-state index in [9.17, 15) is 8.42 Å². The lowest BCUT2D eigenvalue weighted by atomic mass is 10.1. The van der Waals surface area contributed by atoms with E-state index in [-0.39, 0.29) is 5.09 Å². The minimum Gasteiger partial charge on any atom is -0.443 e. The van der Waals surface area contributed by atoms with Crippen LogP contribution in [0.1, 0.15) is 5.56 Å². The Morgan fingerprint density at radius 1 is 1.36 bits per heavy atom. The molecule has 0 radical (unpaired) electrons. The maximum atomic E-state index is 11.0. The van der Waals surface area contributed by atoms with E-state index in [2.05, 4.69) is 0 Å². The van der Waals surface area contributed by atoms with Gasteiger partial charge < -0.3 is 4.42 Å². The molecule has 0 atom stereocenters. The molecule has 0 fully saturated rings. The monoisotopic (exact) mass is 230 g/mol. The maximum absolute atomic E-state index is 11.0. The van der Waals surface area contributed by atoms with Gasteiger partial charge >= 0.3 is 0 Å². The average Bonchev–Trinajstić information content (AvgIpc) is 2.48. The Morgan fingerprint density at radius 2 is 2.07 bits per heavy atom. The molecule has 2 aromatic rings. The van der Waals surface area contributed by atoms with Gasteiger partial charge in [0.15, 0.2) is 0 Å². The fraction of sp³-hybridized carbons (Fsp3) is 0.111. The smallest absolute Gasteiger partial charge is 0.294 e. The molecule has 3 nitrogen and oxygen atoms in total. The molecule has 0 aliphatic heterocycles. The molecule has 0 N–H and O–H groups in total. The van der Waals surface area contributed by atoms with Crippen molar-refractivity contribution < 1.29 is 12.8 Å². The first-order valence-electron chi connectivity index (χ1n) is 3.92. The molecule has 0 saturated carbocycles. The van der Waals surface area contributed by atoms with Crippen LogP contribution in [0.15, 0.2) is 33.8 Å². The fourth-order valence-corrected chi connectivity index (χ4v) is 1.98. The Bertz CT molecular complexity index is 583. The number of aryl methyl sites for hydroxylation is 1. The van der Waals surface area contributed by atoms with Gasteiger partial charge in [-0.2, -0.15) is 0 Å². The quantitative estimate of drug-likeness (QED) is 0.708. The van der Waals surface area contributed by atoms with Crippen LogP contribution in [-0.2, 0) is 9.05 Å². The first-order chi connectivity index (χ1) is 6.48. The van der Waals surface area contributed by atoms with Crippen LogP contribution in [-0.4, -0.2) is 8.42 Å². The molecular formula is C9H7ClO3S. The summed E-state index contributed by atoms with van der Waals surface area (Å²) in [4.78, 5) is 0. The molecular weight excluding hydrogens is 224 g/mol. The van der Waals surface area contributed by atoms with Crippen LogP contribution in [0.3, 0.4) is 0 Å². The molecule has 0 aliphatic carbocycles. The molecule has 0 unspecified atom stereocenters. The van der Waals surface area contributed by atoms with E-state index in [1.54, 1.807) is 12.1 Å². The normalized spacial score (nSPS) is 12.1. The molecule has 74 valence electrons. The van der Waals surface area contributed by atoms with Gasteiger partial charge in [-0.3, -0.25) is 0 Å². The SMILES string of the molecule is Cc1cccc2oc(S(=O)(=O)Cl)cc12. The molecule has 0 saturated heterocycles. The molecule has 0 amide bonds. The maximum Gasteiger partial charge on any atom is 0.294 e. The molecule has 5 heteroatoms. The topological polar surface area (TPSA) is 47.3 Å². The third-order valence-corrected chi connectivity index (χ3v) is 3.14. The van der Waals surface area contributed by atoms with Crippen LogP contribution >= 0.6 is 10.7 Å². The number of hydrogen-bond acceptors (Lipinski definition) is 3. The zero-order valence-corrected chi connectivity index (χ0v) is 8.89. The molecule has 0 spiro atoms. The molecule has 1 aromatic carbocycles. The number of furan rings is 1. The van der Waals surface area contributed by atoms with Crippen LogP contribution in [0.5, 0.6) is 0 Å². The Labute approximate surface area is 85.7 Å². The van der Waals surface area contributed by atoms with Crippen molar-refractivity contribution in [2.75, 3.05) is 0 Å². The van der Waals surface area contributed by atoms with E-state index in [4.69, 9.17) is 15.1 Å². The van der Waals surface area contributed by atoms with Crippen molar-refractivity contribution >= 4 is 30.7 Å². The van der Waals surface area contributed by atoms with E-state index in [1.807, 2.05) is 13.0 Å². The Morgan fingerprint density at radius 3 is 2.64 bits per heavy atom. The highest BCUT2D eigenvalue weighted by Crippen LogP contribution is 2.26. The van der Waals surface area contributed by atoms with Crippen molar-refractivity contribution in [3.05, 3.63) is 29.8 Å². The summed E-state index contributed by atoms with van der Waals surface area (Å²) in [6.07, 6.45) is 0. The first kappa shape index (κ1) is 9.55. The van der Waals surface area contributed by atoms with Crippen LogP contribution in [0, 0.1) is 6.92 Å². The largest absolute Gasteiger partial charge is 0.443 e. The lowest BCUT2D eigenvalue weighted by Gasteiger charge is -1.90. The predicted octanol–water partition coefficient (Wildman–Crippen LogP) is 2.67. The van der Waals surface area contributed by atoms with Crippen LogP contribution in [0.2, 0.25) is 0 Å². The first-order valence-corrected chi connectivity index (χ1v) is 6.23. The summed E-state index contributed by atoms with van der Waals surface area (Å²) < 4.78 is 27.1. The van der Waals surface area contributed by atoms with Gasteiger partial charge in [0.1, 0.15) is 5.58 Å².